The Kier molecular flexibility index (Phi) is 6.63. The zero-order valence-electron chi connectivity index (χ0n) is 14.6. The summed E-state index contributed by atoms with van der Waals surface area (Å²) in [7, 11) is 0. The molecule has 0 aromatic heterocycles. The Morgan fingerprint density at radius 3 is 2.81 bits per heavy atom. The highest BCUT2D eigenvalue weighted by molar-refractivity contribution is 9.10. The van der Waals surface area contributed by atoms with Gasteiger partial charge in [-0.15, -0.1) is 11.8 Å². The van der Waals surface area contributed by atoms with Gasteiger partial charge < -0.3 is 19.5 Å². The Morgan fingerprint density at radius 1 is 1.19 bits per heavy atom. The first kappa shape index (κ1) is 19.6. The van der Waals surface area contributed by atoms with Gasteiger partial charge >= 0.3 is 5.97 Å². The van der Waals surface area contributed by atoms with Crippen LogP contribution in [0.4, 0.5) is 0 Å². The van der Waals surface area contributed by atoms with Crippen molar-refractivity contribution in [2.45, 2.75) is 18.4 Å². The van der Waals surface area contributed by atoms with Crippen molar-refractivity contribution in [2.24, 2.45) is 0 Å². The van der Waals surface area contributed by atoms with Crippen molar-refractivity contribution in [2.75, 3.05) is 19.2 Å². The van der Waals surface area contributed by atoms with Crippen LogP contribution in [0.3, 0.4) is 0 Å². The zero-order valence-corrected chi connectivity index (χ0v) is 17.0. The van der Waals surface area contributed by atoms with Gasteiger partial charge in [0, 0.05) is 15.9 Å². The molecular formula is C19H18BrNO5S. The predicted molar refractivity (Wildman–Crippen MR) is 105 cm³/mol. The third-order valence-corrected chi connectivity index (χ3v) is 5.42. The van der Waals surface area contributed by atoms with E-state index < -0.39 is 5.97 Å². The summed E-state index contributed by atoms with van der Waals surface area (Å²) in [4.78, 5) is 24.7. The lowest BCUT2D eigenvalue weighted by Gasteiger charge is -2.08. The lowest BCUT2D eigenvalue weighted by atomic mass is 10.2. The summed E-state index contributed by atoms with van der Waals surface area (Å²) in [6.45, 7) is 2.20. The Labute approximate surface area is 169 Å². The smallest absolute Gasteiger partial charge is 0.316 e. The average molecular weight is 452 g/mol. The SMILES string of the molecule is Cc1cc(Br)ccc1SCC(=O)OCC(=O)NCc1ccc2c(c1)OCO2. The van der Waals surface area contributed by atoms with E-state index in [1.807, 2.05) is 37.3 Å². The van der Waals surface area contributed by atoms with Gasteiger partial charge in [-0.1, -0.05) is 22.0 Å². The molecule has 0 bridgehead atoms. The standard InChI is InChI=1S/C19H18BrNO5S/c1-12-6-14(20)3-5-17(12)27-10-19(23)24-9-18(22)21-8-13-2-4-15-16(7-13)26-11-25-15/h2-7H,8-11H2,1H3,(H,21,22). The number of carbonyl (C=O) groups excluding carboxylic acids is 2. The summed E-state index contributed by atoms with van der Waals surface area (Å²) < 4.78 is 16.6. The van der Waals surface area contributed by atoms with Crippen LogP contribution in [0.2, 0.25) is 0 Å². The molecular weight excluding hydrogens is 434 g/mol. The number of thioether (sulfide) groups is 1. The molecule has 142 valence electrons. The predicted octanol–water partition coefficient (Wildman–Crippen LogP) is 3.44. The fraction of sp³-hybridized carbons (Fsp3) is 0.263. The van der Waals surface area contributed by atoms with Crippen molar-refractivity contribution >= 4 is 39.6 Å². The number of ether oxygens (including phenoxy) is 3. The first-order chi connectivity index (χ1) is 13.0. The Hall–Kier alpha value is -2.19. The molecule has 1 heterocycles. The van der Waals surface area contributed by atoms with E-state index in [1.54, 1.807) is 6.07 Å². The van der Waals surface area contributed by atoms with E-state index >= 15 is 0 Å². The highest BCUT2D eigenvalue weighted by atomic mass is 79.9. The third kappa shape index (κ3) is 5.64. The van der Waals surface area contributed by atoms with Crippen molar-refractivity contribution in [3.05, 3.63) is 52.0 Å². The van der Waals surface area contributed by atoms with Crippen LogP contribution >= 0.6 is 27.7 Å². The van der Waals surface area contributed by atoms with Crippen LogP contribution in [-0.4, -0.2) is 31.0 Å². The van der Waals surface area contributed by atoms with Gasteiger partial charge in [-0.25, -0.2) is 0 Å². The van der Waals surface area contributed by atoms with Gasteiger partial charge in [-0.3, -0.25) is 9.59 Å². The molecule has 0 spiro atoms. The Morgan fingerprint density at radius 2 is 2.00 bits per heavy atom. The number of hydrogen-bond donors (Lipinski definition) is 1. The van der Waals surface area contributed by atoms with E-state index in [1.165, 1.54) is 11.8 Å². The van der Waals surface area contributed by atoms with E-state index in [0.717, 1.165) is 20.5 Å². The summed E-state index contributed by atoms with van der Waals surface area (Å²) >= 11 is 4.79. The number of nitrogens with one attached hydrogen (secondary N) is 1. The topological polar surface area (TPSA) is 73.9 Å². The molecule has 1 aliphatic heterocycles. The van der Waals surface area contributed by atoms with Crippen molar-refractivity contribution in [3.8, 4) is 11.5 Å². The molecule has 0 aliphatic carbocycles. The first-order valence-corrected chi connectivity index (χ1v) is 9.99. The van der Waals surface area contributed by atoms with Crippen LogP contribution in [0.5, 0.6) is 11.5 Å². The number of rotatable bonds is 7. The van der Waals surface area contributed by atoms with Crippen LogP contribution in [0.15, 0.2) is 45.8 Å². The van der Waals surface area contributed by atoms with Gasteiger partial charge in [-0.2, -0.15) is 0 Å². The van der Waals surface area contributed by atoms with Gasteiger partial charge in [-0.05, 0) is 48.4 Å². The van der Waals surface area contributed by atoms with Gasteiger partial charge in [0.1, 0.15) is 0 Å². The summed E-state index contributed by atoms with van der Waals surface area (Å²) in [6, 6.07) is 11.3. The van der Waals surface area contributed by atoms with Crippen LogP contribution in [0.25, 0.3) is 0 Å². The summed E-state index contributed by atoms with van der Waals surface area (Å²) in [5.41, 5.74) is 1.95. The maximum atomic E-state index is 11.9. The maximum absolute atomic E-state index is 11.9. The van der Waals surface area contributed by atoms with Gasteiger partial charge in [0.15, 0.2) is 18.1 Å². The Bertz CT molecular complexity index is 858. The number of benzene rings is 2. The monoisotopic (exact) mass is 451 g/mol. The highest BCUT2D eigenvalue weighted by Gasteiger charge is 2.14. The molecule has 1 N–H and O–H groups in total. The van der Waals surface area contributed by atoms with Gasteiger partial charge in [0.05, 0.1) is 5.75 Å². The largest absolute Gasteiger partial charge is 0.455 e. The number of hydrogen-bond acceptors (Lipinski definition) is 6. The first-order valence-electron chi connectivity index (χ1n) is 8.21. The number of aryl methyl sites for hydroxylation is 1. The number of carbonyl (C=O) groups is 2. The average Bonchev–Trinajstić information content (AvgIpc) is 3.11. The molecule has 3 rings (SSSR count). The van der Waals surface area contributed by atoms with Gasteiger partial charge in [0.2, 0.25) is 6.79 Å². The molecule has 1 amide bonds. The molecule has 2 aromatic rings. The molecule has 27 heavy (non-hydrogen) atoms. The van der Waals surface area contributed by atoms with E-state index in [0.29, 0.717) is 18.0 Å². The van der Waals surface area contributed by atoms with E-state index in [2.05, 4.69) is 21.2 Å². The molecule has 0 saturated heterocycles. The number of halogens is 1. The zero-order chi connectivity index (χ0) is 19.2. The van der Waals surface area contributed by atoms with Crippen LogP contribution in [-0.2, 0) is 20.9 Å². The minimum atomic E-state index is -0.430. The highest BCUT2D eigenvalue weighted by Crippen LogP contribution is 2.32. The molecule has 0 atom stereocenters. The van der Waals surface area contributed by atoms with E-state index in [9.17, 15) is 9.59 Å². The molecule has 0 unspecified atom stereocenters. The molecule has 1 aliphatic rings. The van der Waals surface area contributed by atoms with E-state index in [-0.39, 0.29) is 25.1 Å². The number of esters is 1. The molecule has 0 radical (unpaired) electrons. The second-order valence-corrected chi connectivity index (χ2v) is 7.76. The lowest BCUT2D eigenvalue weighted by molar-refractivity contribution is -0.145. The number of fused-ring (bicyclic) bond motifs is 1. The fourth-order valence-corrected chi connectivity index (χ4v) is 3.68. The lowest BCUT2D eigenvalue weighted by Crippen LogP contribution is -2.28. The minimum Gasteiger partial charge on any atom is -0.455 e. The van der Waals surface area contributed by atoms with Crippen LogP contribution in [0, 0.1) is 6.92 Å². The summed E-state index contributed by atoms with van der Waals surface area (Å²) in [6.07, 6.45) is 0. The van der Waals surface area contributed by atoms with Crippen molar-refractivity contribution in [1.82, 2.24) is 5.32 Å². The second-order valence-electron chi connectivity index (χ2n) is 5.82. The molecule has 6 nitrogen and oxygen atoms in total. The molecule has 2 aromatic carbocycles. The van der Waals surface area contributed by atoms with Crippen molar-refractivity contribution < 1.29 is 23.8 Å². The minimum absolute atomic E-state index is 0.151. The molecule has 0 fully saturated rings. The number of amides is 1. The second kappa shape index (κ2) is 9.14. The quantitative estimate of drug-likeness (QED) is 0.513. The molecule has 0 saturated carbocycles. The summed E-state index contributed by atoms with van der Waals surface area (Å²) in [5, 5.41) is 2.71. The van der Waals surface area contributed by atoms with Crippen LogP contribution in [0.1, 0.15) is 11.1 Å². The third-order valence-electron chi connectivity index (χ3n) is 3.77. The van der Waals surface area contributed by atoms with Crippen molar-refractivity contribution in [1.29, 1.82) is 0 Å². The van der Waals surface area contributed by atoms with Gasteiger partial charge in [0.25, 0.3) is 5.91 Å². The normalized spacial score (nSPS) is 11.9. The maximum Gasteiger partial charge on any atom is 0.316 e. The fourth-order valence-electron chi connectivity index (χ4n) is 2.40. The summed E-state index contributed by atoms with van der Waals surface area (Å²) in [5.74, 6) is 0.718. The van der Waals surface area contributed by atoms with Crippen LogP contribution < -0.4 is 14.8 Å². The Balaban J connectivity index is 1.37. The van der Waals surface area contributed by atoms with Crippen molar-refractivity contribution in [3.63, 3.8) is 0 Å². The van der Waals surface area contributed by atoms with E-state index in [4.69, 9.17) is 14.2 Å². The molecule has 8 heteroatoms.